The highest BCUT2D eigenvalue weighted by molar-refractivity contribution is 7.45. The Morgan fingerprint density at radius 3 is 1.41 bits per heavy atom. The molecule has 0 aromatic heterocycles. The van der Waals surface area contributed by atoms with Crippen LogP contribution in [-0.4, -0.2) is 70.7 Å². The van der Waals surface area contributed by atoms with E-state index in [1.54, 1.807) is 0 Å². The molecule has 0 saturated carbocycles. The first-order chi connectivity index (χ1) is 22.1. The zero-order valence-electron chi connectivity index (χ0n) is 31.0. The Morgan fingerprint density at radius 2 is 1.00 bits per heavy atom. The molecule has 2 atom stereocenters. The number of esters is 1. The lowest BCUT2D eigenvalue weighted by Crippen LogP contribution is -2.37. The Kier molecular flexibility index (Phi) is 31.4. The van der Waals surface area contributed by atoms with Crippen molar-refractivity contribution in [2.45, 2.75) is 180 Å². The van der Waals surface area contributed by atoms with Gasteiger partial charge >= 0.3 is 5.97 Å². The summed E-state index contributed by atoms with van der Waals surface area (Å²) in [5.41, 5.74) is 0. The van der Waals surface area contributed by atoms with Crippen LogP contribution in [-0.2, 0) is 27.9 Å². The van der Waals surface area contributed by atoms with E-state index < -0.39 is 13.9 Å². The molecule has 0 amide bonds. The first-order valence-electron chi connectivity index (χ1n) is 19.3. The Balaban J connectivity index is 3.76. The lowest BCUT2D eigenvalue weighted by atomic mass is 10.0. The van der Waals surface area contributed by atoms with Crippen molar-refractivity contribution in [1.82, 2.24) is 0 Å². The molecule has 0 heterocycles. The summed E-state index contributed by atoms with van der Waals surface area (Å²) in [7, 11) is 1.36. The van der Waals surface area contributed by atoms with Crippen molar-refractivity contribution in [2.24, 2.45) is 0 Å². The summed E-state index contributed by atoms with van der Waals surface area (Å²) in [6.07, 6.45) is 30.9. The molecule has 276 valence electrons. The summed E-state index contributed by atoms with van der Waals surface area (Å²) >= 11 is 0. The van der Waals surface area contributed by atoms with Crippen molar-refractivity contribution in [1.29, 1.82) is 0 Å². The van der Waals surface area contributed by atoms with Crippen LogP contribution in [0.2, 0.25) is 0 Å². The van der Waals surface area contributed by atoms with Gasteiger partial charge in [0.1, 0.15) is 19.3 Å². The van der Waals surface area contributed by atoms with Gasteiger partial charge in [0, 0.05) is 13.0 Å². The minimum absolute atomic E-state index is 0.0290. The predicted octanol–water partition coefficient (Wildman–Crippen LogP) is 9.91. The molecule has 0 N–H and O–H groups in total. The zero-order valence-corrected chi connectivity index (χ0v) is 31.9. The molecule has 0 fully saturated rings. The molecule has 0 aromatic rings. The molecule has 0 spiro atoms. The fraction of sp³-hybridized carbons (Fsp3) is 0.973. The van der Waals surface area contributed by atoms with E-state index in [0.717, 1.165) is 25.7 Å². The summed E-state index contributed by atoms with van der Waals surface area (Å²) in [4.78, 5) is 24.3. The van der Waals surface area contributed by atoms with Crippen LogP contribution >= 0.6 is 7.82 Å². The van der Waals surface area contributed by atoms with Gasteiger partial charge in [-0.2, -0.15) is 0 Å². The van der Waals surface area contributed by atoms with E-state index >= 15 is 0 Å². The molecule has 8 nitrogen and oxygen atoms in total. The second-order valence-electron chi connectivity index (χ2n) is 14.3. The maximum absolute atomic E-state index is 12.2. The van der Waals surface area contributed by atoms with Crippen molar-refractivity contribution in [2.75, 3.05) is 54.1 Å². The molecule has 0 aliphatic carbocycles. The third-order valence-electron chi connectivity index (χ3n) is 8.41. The SMILES string of the molecule is CCCCCCCCCCCCCCCCCCCCCCCCOCC(COP(=O)([O-])OCC[N+](C)(C)C)OC(=O)CCCC. The van der Waals surface area contributed by atoms with Gasteiger partial charge in [-0.15, -0.1) is 0 Å². The minimum atomic E-state index is -4.49. The molecule has 0 aliphatic rings. The van der Waals surface area contributed by atoms with Crippen molar-refractivity contribution in [3.8, 4) is 0 Å². The van der Waals surface area contributed by atoms with E-state index in [0.29, 0.717) is 24.1 Å². The van der Waals surface area contributed by atoms with Crippen LogP contribution in [0.5, 0.6) is 0 Å². The molecular formula is C37H76NO7P. The summed E-state index contributed by atoms with van der Waals surface area (Å²) < 4.78 is 33.9. The largest absolute Gasteiger partial charge is 0.756 e. The lowest BCUT2D eigenvalue weighted by molar-refractivity contribution is -0.870. The number of unbranched alkanes of at least 4 members (excludes halogenated alkanes) is 22. The number of phosphoric ester groups is 1. The Morgan fingerprint density at radius 1 is 0.587 bits per heavy atom. The monoisotopic (exact) mass is 678 g/mol. The number of carbonyl (C=O) groups is 1. The van der Waals surface area contributed by atoms with Gasteiger partial charge in [0.25, 0.3) is 7.82 Å². The van der Waals surface area contributed by atoms with Crippen LogP contribution in [0.3, 0.4) is 0 Å². The first-order valence-corrected chi connectivity index (χ1v) is 20.7. The first kappa shape index (κ1) is 45.5. The van der Waals surface area contributed by atoms with Gasteiger partial charge in [0.05, 0.1) is 34.4 Å². The third kappa shape index (κ3) is 34.8. The summed E-state index contributed by atoms with van der Waals surface area (Å²) in [5.74, 6) is -0.366. The average molecular weight is 678 g/mol. The van der Waals surface area contributed by atoms with Crippen LogP contribution < -0.4 is 4.89 Å². The highest BCUT2D eigenvalue weighted by Crippen LogP contribution is 2.38. The molecule has 0 radical (unpaired) electrons. The van der Waals surface area contributed by atoms with Gasteiger partial charge in [0.2, 0.25) is 0 Å². The van der Waals surface area contributed by atoms with Crippen LogP contribution in [0.25, 0.3) is 0 Å². The maximum atomic E-state index is 12.2. The lowest BCUT2D eigenvalue weighted by Gasteiger charge is -2.28. The number of ether oxygens (including phenoxy) is 2. The molecule has 2 unspecified atom stereocenters. The molecule has 0 rings (SSSR count). The Labute approximate surface area is 285 Å². The number of quaternary nitrogens is 1. The van der Waals surface area contributed by atoms with Crippen molar-refractivity contribution in [3.05, 3.63) is 0 Å². The van der Waals surface area contributed by atoms with Gasteiger partial charge in [-0.3, -0.25) is 9.36 Å². The van der Waals surface area contributed by atoms with Crippen molar-refractivity contribution < 1.29 is 37.3 Å². The highest BCUT2D eigenvalue weighted by Gasteiger charge is 2.20. The fourth-order valence-electron chi connectivity index (χ4n) is 5.35. The van der Waals surface area contributed by atoms with Crippen LogP contribution in [0, 0.1) is 0 Å². The minimum Gasteiger partial charge on any atom is -0.756 e. The standard InChI is InChI=1S/C37H76NO7P/c1-6-8-10-11-12-13-14-15-16-17-18-19-20-21-22-23-24-25-26-27-28-29-32-42-34-36(45-37(39)30-9-7-2)35-44-46(40,41)43-33-31-38(3,4)5/h36H,6-35H2,1-5H3. The van der Waals surface area contributed by atoms with E-state index in [9.17, 15) is 14.3 Å². The smallest absolute Gasteiger partial charge is 0.306 e. The number of nitrogens with zero attached hydrogens (tertiary/aromatic N) is 1. The number of phosphoric acid groups is 1. The zero-order chi connectivity index (χ0) is 34.2. The molecule has 9 heteroatoms. The Hall–Kier alpha value is -0.500. The highest BCUT2D eigenvalue weighted by atomic mass is 31.2. The fourth-order valence-corrected chi connectivity index (χ4v) is 6.08. The molecule has 0 saturated heterocycles. The van der Waals surface area contributed by atoms with E-state index in [1.165, 1.54) is 128 Å². The normalized spacial score (nSPS) is 14.0. The van der Waals surface area contributed by atoms with E-state index in [4.69, 9.17) is 18.5 Å². The van der Waals surface area contributed by atoms with Crippen LogP contribution in [0.15, 0.2) is 0 Å². The van der Waals surface area contributed by atoms with Gasteiger partial charge in [-0.05, 0) is 12.8 Å². The van der Waals surface area contributed by atoms with Gasteiger partial charge in [-0.25, -0.2) is 0 Å². The molecule has 46 heavy (non-hydrogen) atoms. The maximum Gasteiger partial charge on any atom is 0.306 e. The Bertz CT molecular complexity index is 716. The van der Waals surface area contributed by atoms with Crippen molar-refractivity contribution >= 4 is 13.8 Å². The third-order valence-corrected chi connectivity index (χ3v) is 9.37. The summed E-state index contributed by atoms with van der Waals surface area (Å²) in [6.45, 7) is 5.19. The number of rotatable bonds is 36. The van der Waals surface area contributed by atoms with Crippen LogP contribution in [0.1, 0.15) is 174 Å². The second-order valence-corrected chi connectivity index (χ2v) is 15.7. The van der Waals surface area contributed by atoms with E-state index in [2.05, 4.69) is 6.92 Å². The van der Waals surface area contributed by atoms with Gasteiger partial charge in [0.15, 0.2) is 0 Å². The molecular weight excluding hydrogens is 601 g/mol. The van der Waals surface area contributed by atoms with Gasteiger partial charge in [-0.1, -0.05) is 155 Å². The topological polar surface area (TPSA) is 94.1 Å². The quantitative estimate of drug-likeness (QED) is 0.0282. The molecule has 0 bridgehead atoms. The summed E-state index contributed by atoms with van der Waals surface area (Å²) in [6, 6.07) is 0. The summed E-state index contributed by atoms with van der Waals surface area (Å²) in [5, 5.41) is 0. The average Bonchev–Trinajstić information content (AvgIpc) is 3.00. The predicted molar refractivity (Wildman–Crippen MR) is 190 cm³/mol. The second kappa shape index (κ2) is 31.7. The number of likely N-dealkylation sites (N-methyl/N-ethyl adjacent to an activating group) is 1. The van der Waals surface area contributed by atoms with Crippen LogP contribution in [0.4, 0.5) is 0 Å². The van der Waals surface area contributed by atoms with E-state index in [-0.39, 0.29) is 25.8 Å². The number of hydrogen-bond donors (Lipinski definition) is 0. The van der Waals surface area contributed by atoms with E-state index in [1.807, 2.05) is 28.1 Å². The number of hydrogen-bond acceptors (Lipinski definition) is 7. The van der Waals surface area contributed by atoms with Crippen molar-refractivity contribution in [3.63, 3.8) is 0 Å². The molecule has 0 aromatic carbocycles. The molecule has 0 aliphatic heterocycles. The number of carbonyl (C=O) groups excluding carboxylic acids is 1. The van der Waals surface area contributed by atoms with Gasteiger partial charge < -0.3 is 27.9 Å².